The molecule has 0 aliphatic rings. The largest absolute Gasteiger partial charge is 0.264 e. The van der Waals surface area contributed by atoms with E-state index in [4.69, 9.17) is 0 Å². The minimum absolute atomic E-state index is 0.113. The Morgan fingerprint density at radius 2 is 1.74 bits per heavy atom. The SMILES string of the molecule is Cn1nccc1S(=O)(=O)N[C@@H](c1ccccc1)c1cccnc1. The smallest absolute Gasteiger partial charge is 0.258 e. The van der Waals surface area contributed by atoms with E-state index < -0.39 is 16.1 Å². The van der Waals surface area contributed by atoms with Gasteiger partial charge < -0.3 is 0 Å². The van der Waals surface area contributed by atoms with Crippen LogP contribution in [0.2, 0.25) is 0 Å². The van der Waals surface area contributed by atoms with Gasteiger partial charge in [0.05, 0.1) is 12.2 Å². The molecule has 0 bridgehead atoms. The van der Waals surface area contributed by atoms with Crippen LogP contribution in [0.3, 0.4) is 0 Å². The molecular weight excluding hydrogens is 312 g/mol. The minimum Gasteiger partial charge on any atom is -0.264 e. The summed E-state index contributed by atoms with van der Waals surface area (Å²) in [7, 11) is -2.13. The molecule has 118 valence electrons. The first-order valence-corrected chi connectivity index (χ1v) is 8.51. The fourth-order valence-electron chi connectivity index (χ4n) is 2.36. The van der Waals surface area contributed by atoms with Crippen LogP contribution in [0.5, 0.6) is 0 Å². The molecule has 0 fully saturated rings. The first-order chi connectivity index (χ1) is 11.1. The summed E-state index contributed by atoms with van der Waals surface area (Å²) in [5.41, 5.74) is 1.61. The lowest BCUT2D eigenvalue weighted by molar-refractivity contribution is 0.554. The summed E-state index contributed by atoms with van der Waals surface area (Å²) in [6.45, 7) is 0. The second-order valence-corrected chi connectivity index (χ2v) is 6.71. The molecule has 1 aromatic carbocycles. The molecule has 0 aliphatic carbocycles. The zero-order valence-corrected chi connectivity index (χ0v) is 13.3. The fourth-order valence-corrected chi connectivity index (χ4v) is 3.70. The first-order valence-electron chi connectivity index (χ1n) is 7.03. The molecule has 0 saturated heterocycles. The number of sulfonamides is 1. The average molecular weight is 328 g/mol. The molecule has 0 spiro atoms. The van der Waals surface area contributed by atoms with Crippen LogP contribution in [0.15, 0.2) is 72.1 Å². The maximum atomic E-state index is 12.7. The van der Waals surface area contributed by atoms with Crippen LogP contribution in [-0.2, 0) is 17.1 Å². The Morgan fingerprint density at radius 1 is 1.00 bits per heavy atom. The van der Waals surface area contributed by atoms with Gasteiger partial charge in [-0.25, -0.2) is 8.42 Å². The van der Waals surface area contributed by atoms with E-state index in [1.165, 1.54) is 16.9 Å². The zero-order chi connectivity index (χ0) is 16.3. The monoisotopic (exact) mass is 328 g/mol. The summed E-state index contributed by atoms with van der Waals surface area (Å²) in [6, 6.07) is 14.0. The number of nitrogens with zero attached hydrogens (tertiary/aromatic N) is 3. The van der Waals surface area contributed by atoms with Crippen LogP contribution in [0.4, 0.5) is 0 Å². The molecule has 2 heterocycles. The normalized spacial score (nSPS) is 12.9. The summed E-state index contributed by atoms with van der Waals surface area (Å²) < 4.78 is 29.4. The van der Waals surface area contributed by atoms with Gasteiger partial charge in [-0.05, 0) is 23.3 Å². The van der Waals surface area contributed by atoms with E-state index >= 15 is 0 Å². The van der Waals surface area contributed by atoms with E-state index in [0.717, 1.165) is 11.1 Å². The van der Waals surface area contributed by atoms with E-state index in [2.05, 4.69) is 14.8 Å². The van der Waals surface area contributed by atoms with E-state index in [-0.39, 0.29) is 5.03 Å². The number of aryl methyl sites for hydroxylation is 1. The molecule has 1 atom stereocenters. The Hall–Kier alpha value is -2.51. The second-order valence-electron chi connectivity index (χ2n) is 5.04. The van der Waals surface area contributed by atoms with Gasteiger partial charge in [0, 0.05) is 19.4 Å². The maximum Gasteiger partial charge on any atom is 0.258 e. The van der Waals surface area contributed by atoms with Crippen molar-refractivity contribution in [1.29, 1.82) is 0 Å². The third-order valence-corrected chi connectivity index (χ3v) is 4.97. The highest BCUT2D eigenvalue weighted by Gasteiger charge is 2.25. The third-order valence-electron chi connectivity index (χ3n) is 3.47. The van der Waals surface area contributed by atoms with Crippen molar-refractivity contribution in [2.75, 3.05) is 0 Å². The van der Waals surface area contributed by atoms with Gasteiger partial charge in [0.25, 0.3) is 10.0 Å². The van der Waals surface area contributed by atoms with E-state index in [0.29, 0.717) is 0 Å². The zero-order valence-electron chi connectivity index (χ0n) is 12.5. The standard InChI is InChI=1S/C16H16N4O2S/c1-20-15(9-11-18-20)23(21,22)19-16(13-6-3-2-4-7-13)14-8-5-10-17-12-14/h2-12,16,19H,1H3/t16-/m0/s1. The van der Waals surface area contributed by atoms with Crippen molar-refractivity contribution in [1.82, 2.24) is 19.5 Å². The molecule has 3 rings (SSSR count). The number of nitrogens with one attached hydrogen (secondary N) is 1. The highest BCUT2D eigenvalue weighted by Crippen LogP contribution is 2.23. The average Bonchev–Trinajstić information content (AvgIpc) is 3.01. The molecule has 0 unspecified atom stereocenters. The van der Waals surface area contributed by atoms with Crippen LogP contribution in [0.1, 0.15) is 17.2 Å². The highest BCUT2D eigenvalue weighted by molar-refractivity contribution is 7.89. The number of hydrogen-bond donors (Lipinski definition) is 1. The lowest BCUT2D eigenvalue weighted by atomic mass is 10.0. The van der Waals surface area contributed by atoms with Crippen molar-refractivity contribution in [3.8, 4) is 0 Å². The molecule has 0 aliphatic heterocycles. The quantitative estimate of drug-likeness (QED) is 0.776. The predicted molar refractivity (Wildman–Crippen MR) is 86.1 cm³/mol. The molecule has 6 nitrogen and oxygen atoms in total. The van der Waals surface area contributed by atoms with Crippen molar-refractivity contribution in [2.24, 2.45) is 7.05 Å². The van der Waals surface area contributed by atoms with E-state index in [1.54, 1.807) is 25.5 Å². The van der Waals surface area contributed by atoms with Crippen molar-refractivity contribution >= 4 is 10.0 Å². The molecule has 3 aromatic rings. The van der Waals surface area contributed by atoms with Gasteiger partial charge in [-0.1, -0.05) is 36.4 Å². The number of rotatable bonds is 5. The molecular formula is C16H16N4O2S. The van der Waals surface area contributed by atoms with Gasteiger partial charge in [-0.3, -0.25) is 9.67 Å². The van der Waals surface area contributed by atoms with Crippen molar-refractivity contribution in [3.63, 3.8) is 0 Å². The Morgan fingerprint density at radius 3 is 2.35 bits per heavy atom. The Bertz CT molecular complexity index is 837. The second kappa shape index (κ2) is 6.31. The Kier molecular flexibility index (Phi) is 4.22. The topological polar surface area (TPSA) is 76.9 Å². The van der Waals surface area contributed by atoms with Gasteiger partial charge in [0.1, 0.15) is 0 Å². The Labute approximate surface area is 134 Å². The number of pyridine rings is 1. The van der Waals surface area contributed by atoms with Gasteiger partial charge in [0.15, 0.2) is 5.03 Å². The maximum absolute atomic E-state index is 12.7. The van der Waals surface area contributed by atoms with Gasteiger partial charge in [0.2, 0.25) is 0 Å². The Balaban J connectivity index is 2.02. The molecule has 0 saturated carbocycles. The number of aromatic nitrogens is 3. The minimum atomic E-state index is -3.72. The molecule has 0 amide bonds. The van der Waals surface area contributed by atoms with Gasteiger partial charge in [-0.2, -0.15) is 9.82 Å². The van der Waals surface area contributed by atoms with Crippen LogP contribution in [0, 0.1) is 0 Å². The molecule has 0 radical (unpaired) electrons. The lowest BCUT2D eigenvalue weighted by Gasteiger charge is -2.19. The molecule has 23 heavy (non-hydrogen) atoms. The first kappa shape index (κ1) is 15.4. The van der Waals surface area contributed by atoms with Crippen LogP contribution in [0.25, 0.3) is 0 Å². The van der Waals surface area contributed by atoms with Crippen molar-refractivity contribution < 1.29 is 8.42 Å². The number of hydrogen-bond acceptors (Lipinski definition) is 4. The summed E-state index contributed by atoms with van der Waals surface area (Å²) >= 11 is 0. The van der Waals surface area contributed by atoms with Crippen molar-refractivity contribution in [3.05, 3.63) is 78.2 Å². The highest BCUT2D eigenvalue weighted by atomic mass is 32.2. The van der Waals surface area contributed by atoms with E-state index in [1.807, 2.05) is 36.4 Å². The van der Waals surface area contributed by atoms with Crippen LogP contribution < -0.4 is 4.72 Å². The summed E-state index contributed by atoms with van der Waals surface area (Å²) in [5, 5.41) is 4.03. The summed E-state index contributed by atoms with van der Waals surface area (Å²) in [4.78, 5) is 4.09. The number of benzene rings is 1. The predicted octanol–water partition coefficient (Wildman–Crippen LogP) is 1.88. The molecule has 2 aromatic heterocycles. The lowest BCUT2D eigenvalue weighted by Crippen LogP contribution is -2.30. The van der Waals surface area contributed by atoms with E-state index in [9.17, 15) is 8.42 Å². The molecule has 1 N–H and O–H groups in total. The third kappa shape index (κ3) is 3.30. The summed E-state index contributed by atoms with van der Waals surface area (Å²) in [5.74, 6) is 0. The fraction of sp³-hybridized carbons (Fsp3) is 0.125. The van der Waals surface area contributed by atoms with Gasteiger partial charge >= 0.3 is 0 Å². The van der Waals surface area contributed by atoms with Gasteiger partial charge in [-0.15, -0.1) is 0 Å². The summed E-state index contributed by atoms with van der Waals surface area (Å²) in [6.07, 6.45) is 4.76. The molecule has 7 heteroatoms. The van der Waals surface area contributed by atoms with Crippen LogP contribution in [-0.4, -0.2) is 23.2 Å². The van der Waals surface area contributed by atoms with Crippen LogP contribution >= 0.6 is 0 Å². The van der Waals surface area contributed by atoms with Crippen molar-refractivity contribution in [2.45, 2.75) is 11.1 Å².